The third-order valence-electron chi connectivity index (χ3n) is 5.77. The largest absolute Gasteiger partial charge is 0.496 e. The summed E-state index contributed by atoms with van der Waals surface area (Å²) in [4.78, 5) is 51.2. The number of carbonyl (C=O) groups is 4. The average molecular weight is 628 g/mol. The average Bonchev–Trinajstić information content (AvgIpc) is 2.89. The molecule has 0 aromatic heterocycles. The van der Waals surface area contributed by atoms with Gasteiger partial charge in [0, 0.05) is 15.6 Å². The van der Waals surface area contributed by atoms with Crippen molar-refractivity contribution in [3.05, 3.63) is 97.9 Å². The van der Waals surface area contributed by atoms with Crippen molar-refractivity contribution in [3.8, 4) is 5.75 Å². The fraction of sp³-hybridized carbons (Fsp3) is 0.143. The molecule has 1 fully saturated rings. The summed E-state index contributed by atoms with van der Waals surface area (Å²) in [5, 5.41) is 2.17. The first kappa shape index (κ1) is 27.0. The molecule has 194 valence electrons. The van der Waals surface area contributed by atoms with Crippen LogP contribution in [-0.4, -0.2) is 37.5 Å². The first-order valence-electron chi connectivity index (χ1n) is 11.5. The third kappa shape index (κ3) is 5.59. The van der Waals surface area contributed by atoms with Gasteiger partial charge in [0.25, 0.3) is 11.8 Å². The van der Waals surface area contributed by atoms with Crippen LogP contribution in [0.15, 0.2) is 66.2 Å². The molecule has 0 aliphatic carbocycles. The molecule has 4 rings (SSSR count). The minimum Gasteiger partial charge on any atom is -0.496 e. The molecule has 0 radical (unpaired) electrons. The second kappa shape index (κ2) is 11.5. The molecule has 0 spiro atoms. The van der Waals surface area contributed by atoms with E-state index in [2.05, 4.69) is 27.9 Å². The zero-order valence-corrected chi connectivity index (χ0v) is 22.6. The molecular weight excluding hydrogens is 606 g/mol. The van der Waals surface area contributed by atoms with Crippen LogP contribution in [0.1, 0.15) is 34.0 Å². The fourth-order valence-electron chi connectivity index (χ4n) is 3.92. The first-order chi connectivity index (χ1) is 18.2. The topological polar surface area (TPSA) is 102 Å². The van der Waals surface area contributed by atoms with Gasteiger partial charge in [0.1, 0.15) is 17.1 Å². The van der Waals surface area contributed by atoms with E-state index in [1.54, 1.807) is 37.3 Å². The smallest absolute Gasteiger partial charge is 0.338 e. The van der Waals surface area contributed by atoms with Gasteiger partial charge in [-0.2, -0.15) is 0 Å². The number of amides is 4. The van der Waals surface area contributed by atoms with Crippen molar-refractivity contribution in [2.45, 2.75) is 13.3 Å². The number of methoxy groups -OCH3 is 1. The van der Waals surface area contributed by atoms with Gasteiger partial charge in [-0.1, -0.05) is 18.2 Å². The molecule has 8 nitrogen and oxygen atoms in total. The third-order valence-corrected chi connectivity index (χ3v) is 6.73. The Kier molecular flexibility index (Phi) is 8.20. The number of urea groups is 1. The maximum Gasteiger partial charge on any atom is 0.338 e. The molecule has 1 aliphatic rings. The lowest BCUT2D eigenvalue weighted by Crippen LogP contribution is -2.54. The lowest BCUT2D eigenvalue weighted by atomic mass is 10.00. The van der Waals surface area contributed by atoms with Crippen molar-refractivity contribution in [1.82, 2.24) is 5.32 Å². The quantitative estimate of drug-likeness (QED) is 0.174. The summed E-state index contributed by atoms with van der Waals surface area (Å²) < 4.78 is 25.5. The number of rotatable bonds is 7. The molecule has 4 amide bonds. The van der Waals surface area contributed by atoms with Gasteiger partial charge >= 0.3 is 12.0 Å². The number of barbiturate groups is 1. The summed E-state index contributed by atoms with van der Waals surface area (Å²) in [6.07, 6.45) is 1.65. The second-order valence-corrected chi connectivity index (χ2v) is 9.34. The number of hydrogen-bond acceptors (Lipinski definition) is 6. The standard InChI is InChI=1S/C28H22FIN2O6/c1-3-38-27(35)17-8-10-19(11-9-17)32-26(34)21(25(33)31-28(32)36)12-16-13-23(30)20(24(14-16)37-2)15-18-6-4-5-7-22(18)29/h4-14H,3,15H2,1-2H3,(H,31,33,36)/b21-12+. The number of halogens is 2. The molecule has 1 aliphatic heterocycles. The van der Waals surface area contributed by atoms with E-state index >= 15 is 0 Å². The maximum atomic E-state index is 14.2. The number of nitrogens with one attached hydrogen (secondary N) is 1. The Morgan fingerprint density at radius 1 is 1.08 bits per heavy atom. The summed E-state index contributed by atoms with van der Waals surface area (Å²) in [7, 11) is 1.48. The number of esters is 1. The van der Waals surface area contributed by atoms with Crippen LogP contribution in [0.5, 0.6) is 5.75 Å². The molecule has 0 unspecified atom stereocenters. The second-order valence-electron chi connectivity index (χ2n) is 8.18. The highest BCUT2D eigenvalue weighted by Gasteiger charge is 2.37. The Morgan fingerprint density at radius 2 is 1.79 bits per heavy atom. The number of nitrogens with zero attached hydrogens (tertiary/aromatic N) is 1. The van der Waals surface area contributed by atoms with E-state index < -0.39 is 23.8 Å². The van der Waals surface area contributed by atoms with Crippen molar-refractivity contribution in [3.63, 3.8) is 0 Å². The van der Waals surface area contributed by atoms with Crippen LogP contribution in [0.3, 0.4) is 0 Å². The van der Waals surface area contributed by atoms with Crippen molar-refractivity contribution < 1.29 is 33.0 Å². The van der Waals surface area contributed by atoms with Crippen molar-refractivity contribution >= 4 is 58.2 Å². The zero-order chi connectivity index (χ0) is 27.4. The van der Waals surface area contributed by atoms with Crippen molar-refractivity contribution in [2.75, 3.05) is 18.6 Å². The van der Waals surface area contributed by atoms with E-state index in [1.807, 2.05) is 0 Å². The number of ether oxygens (including phenoxy) is 2. The van der Waals surface area contributed by atoms with Crippen LogP contribution in [-0.2, 0) is 20.7 Å². The van der Waals surface area contributed by atoms with Gasteiger partial charge in [-0.3, -0.25) is 14.9 Å². The van der Waals surface area contributed by atoms with Gasteiger partial charge in [-0.25, -0.2) is 18.9 Å². The Hall–Kier alpha value is -4.06. The Bertz CT molecular complexity index is 1470. The summed E-state index contributed by atoms with van der Waals surface area (Å²) >= 11 is 2.09. The van der Waals surface area contributed by atoms with Crippen LogP contribution in [0.2, 0.25) is 0 Å². The predicted molar refractivity (Wildman–Crippen MR) is 146 cm³/mol. The van der Waals surface area contributed by atoms with Crippen LogP contribution in [0.4, 0.5) is 14.9 Å². The molecule has 1 heterocycles. The Morgan fingerprint density at radius 3 is 2.45 bits per heavy atom. The molecular formula is C28H22FIN2O6. The first-order valence-corrected chi connectivity index (χ1v) is 12.6. The number of anilines is 1. The van der Waals surface area contributed by atoms with Crippen LogP contribution in [0, 0.1) is 9.39 Å². The van der Waals surface area contributed by atoms with E-state index in [1.165, 1.54) is 43.5 Å². The highest BCUT2D eigenvalue weighted by Crippen LogP contribution is 2.31. The summed E-state index contributed by atoms with van der Waals surface area (Å²) in [6.45, 7) is 1.89. The Balaban J connectivity index is 1.66. The summed E-state index contributed by atoms with van der Waals surface area (Å²) in [6, 6.07) is 14.6. The molecule has 3 aromatic carbocycles. The van der Waals surface area contributed by atoms with Gasteiger partial charge in [-0.05, 0) is 89.2 Å². The number of imide groups is 2. The fourth-order valence-corrected chi connectivity index (χ4v) is 4.74. The minimum atomic E-state index is -0.909. The van der Waals surface area contributed by atoms with Gasteiger partial charge in [0.15, 0.2) is 0 Å². The van der Waals surface area contributed by atoms with E-state index in [-0.39, 0.29) is 35.7 Å². The predicted octanol–water partition coefficient (Wildman–Crippen LogP) is 4.87. The van der Waals surface area contributed by atoms with E-state index in [0.717, 1.165) is 14.0 Å². The lowest BCUT2D eigenvalue weighted by Gasteiger charge is -2.26. The highest BCUT2D eigenvalue weighted by atomic mass is 127. The van der Waals surface area contributed by atoms with Crippen LogP contribution < -0.4 is 15.0 Å². The SMILES string of the molecule is CCOC(=O)c1ccc(N2C(=O)NC(=O)/C(=C\c3cc(I)c(Cc4ccccc4F)c(OC)c3)C2=O)cc1. The molecule has 38 heavy (non-hydrogen) atoms. The van der Waals surface area contributed by atoms with Gasteiger partial charge < -0.3 is 9.47 Å². The minimum absolute atomic E-state index is 0.173. The van der Waals surface area contributed by atoms with E-state index in [0.29, 0.717) is 16.9 Å². The Labute approximate surface area is 231 Å². The monoisotopic (exact) mass is 628 g/mol. The lowest BCUT2D eigenvalue weighted by molar-refractivity contribution is -0.122. The normalized spacial score (nSPS) is 14.5. The van der Waals surface area contributed by atoms with Crippen molar-refractivity contribution in [2.24, 2.45) is 0 Å². The maximum absolute atomic E-state index is 14.2. The molecule has 0 saturated carbocycles. The summed E-state index contributed by atoms with van der Waals surface area (Å²) in [5.41, 5.74) is 1.89. The zero-order valence-electron chi connectivity index (χ0n) is 20.4. The number of benzene rings is 3. The molecule has 1 saturated heterocycles. The summed E-state index contributed by atoms with van der Waals surface area (Å²) in [5.74, 6) is -2.08. The van der Waals surface area contributed by atoms with Gasteiger partial charge in [-0.15, -0.1) is 0 Å². The molecule has 1 N–H and O–H groups in total. The molecule has 0 atom stereocenters. The van der Waals surface area contributed by atoms with Gasteiger partial charge in [0.2, 0.25) is 0 Å². The van der Waals surface area contributed by atoms with Crippen molar-refractivity contribution in [1.29, 1.82) is 0 Å². The molecule has 0 bridgehead atoms. The molecule has 10 heteroatoms. The van der Waals surface area contributed by atoms with E-state index in [9.17, 15) is 23.6 Å². The number of carbonyl (C=O) groups excluding carboxylic acids is 4. The van der Waals surface area contributed by atoms with Gasteiger partial charge in [0.05, 0.1) is 25.0 Å². The van der Waals surface area contributed by atoms with E-state index in [4.69, 9.17) is 9.47 Å². The highest BCUT2D eigenvalue weighted by molar-refractivity contribution is 14.1. The number of hydrogen-bond donors (Lipinski definition) is 1. The molecule has 3 aromatic rings. The van der Waals surface area contributed by atoms with Crippen LogP contribution >= 0.6 is 22.6 Å². The van der Waals surface area contributed by atoms with Crippen LogP contribution in [0.25, 0.3) is 6.08 Å².